The van der Waals surface area contributed by atoms with Crippen LogP contribution in [0.25, 0.3) is 5.57 Å². The van der Waals surface area contributed by atoms with Gasteiger partial charge in [0.2, 0.25) is 0 Å². The fourth-order valence-corrected chi connectivity index (χ4v) is 15.2. The SMILES string of the molecule is COC(=O)c1ccc(C2=CC[C@]3(C)[C@H]4CCC5[C@H]6[C@H](C(C)O)CC[C@]6(NCCN6CCS(=O)(=O)CC6)CC[C@@]5(C)[C@]4(C)CC[C@H]3C2(C)C)cc1. The first kappa shape index (κ1) is 36.6. The van der Waals surface area contributed by atoms with Crippen LogP contribution in [-0.4, -0.2) is 80.8 Å². The van der Waals surface area contributed by atoms with E-state index in [1.54, 1.807) is 0 Å². The molecule has 2 N–H and O–H groups in total. The lowest BCUT2D eigenvalue weighted by molar-refractivity contribution is -0.222. The van der Waals surface area contributed by atoms with E-state index < -0.39 is 9.84 Å². The van der Waals surface area contributed by atoms with Crippen molar-refractivity contribution in [1.82, 2.24) is 10.2 Å². The van der Waals surface area contributed by atoms with E-state index >= 15 is 0 Å². The van der Waals surface area contributed by atoms with Crippen molar-refractivity contribution in [2.45, 2.75) is 111 Å². The summed E-state index contributed by atoms with van der Waals surface area (Å²) in [5.41, 5.74) is 4.00. The van der Waals surface area contributed by atoms with E-state index in [0.29, 0.717) is 48.2 Å². The average molecular weight is 709 g/mol. The Hall–Kier alpha value is -1.74. The van der Waals surface area contributed by atoms with Gasteiger partial charge in [-0.25, -0.2) is 13.2 Å². The molecule has 1 aliphatic heterocycles. The maximum absolute atomic E-state index is 12.1. The van der Waals surface area contributed by atoms with E-state index in [9.17, 15) is 18.3 Å². The molecule has 0 amide bonds. The van der Waals surface area contributed by atoms with Gasteiger partial charge in [-0.05, 0) is 139 Å². The number of ether oxygens (including phenoxy) is 1. The van der Waals surface area contributed by atoms with Crippen LogP contribution in [0.5, 0.6) is 0 Å². The number of benzene rings is 1. The Morgan fingerprint density at radius 1 is 0.940 bits per heavy atom. The molecule has 7 nitrogen and oxygen atoms in total. The maximum atomic E-state index is 12.1. The molecule has 5 fully saturated rings. The zero-order valence-electron chi connectivity index (χ0n) is 31.9. The molecule has 278 valence electrons. The minimum absolute atomic E-state index is 0.0198. The summed E-state index contributed by atoms with van der Waals surface area (Å²) in [5.74, 6) is 2.88. The molecule has 4 saturated carbocycles. The van der Waals surface area contributed by atoms with Crippen molar-refractivity contribution in [3.05, 3.63) is 41.5 Å². The zero-order chi connectivity index (χ0) is 35.9. The largest absolute Gasteiger partial charge is 0.465 e. The van der Waals surface area contributed by atoms with Gasteiger partial charge in [0.25, 0.3) is 0 Å². The van der Waals surface area contributed by atoms with E-state index in [1.807, 2.05) is 19.1 Å². The Balaban J connectivity index is 1.14. The molecule has 1 aromatic rings. The van der Waals surface area contributed by atoms with Gasteiger partial charge in [-0.1, -0.05) is 52.8 Å². The van der Waals surface area contributed by atoms with Gasteiger partial charge < -0.3 is 20.1 Å². The number of sulfone groups is 1. The Morgan fingerprint density at radius 2 is 1.64 bits per heavy atom. The highest BCUT2D eigenvalue weighted by Crippen LogP contribution is 2.76. The number of methoxy groups -OCH3 is 1. The fourth-order valence-electron chi connectivity index (χ4n) is 13.9. The Morgan fingerprint density at radius 3 is 2.30 bits per heavy atom. The van der Waals surface area contributed by atoms with Crippen molar-refractivity contribution >= 4 is 21.4 Å². The normalized spacial score (nSPS) is 42.6. The van der Waals surface area contributed by atoms with Gasteiger partial charge in [0.1, 0.15) is 0 Å². The second-order valence-electron chi connectivity index (χ2n) is 18.8. The molecule has 10 atom stereocenters. The number of fused-ring (bicyclic) bond motifs is 7. The number of carbonyl (C=O) groups excluding carboxylic acids is 1. The first-order chi connectivity index (χ1) is 23.5. The highest BCUT2D eigenvalue weighted by molar-refractivity contribution is 7.91. The number of esters is 1. The van der Waals surface area contributed by atoms with Crippen LogP contribution in [0.3, 0.4) is 0 Å². The van der Waals surface area contributed by atoms with Gasteiger partial charge in [-0.3, -0.25) is 0 Å². The highest BCUT2D eigenvalue weighted by Gasteiger charge is 2.70. The minimum Gasteiger partial charge on any atom is -0.465 e. The molecule has 2 unspecified atom stereocenters. The summed E-state index contributed by atoms with van der Waals surface area (Å²) < 4.78 is 29.0. The number of rotatable bonds is 7. The predicted octanol–water partition coefficient (Wildman–Crippen LogP) is 7.00. The van der Waals surface area contributed by atoms with Crippen LogP contribution in [0.4, 0.5) is 0 Å². The van der Waals surface area contributed by atoms with Crippen molar-refractivity contribution in [3.8, 4) is 0 Å². The maximum Gasteiger partial charge on any atom is 0.337 e. The zero-order valence-corrected chi connectivity index (χ0v) is 32.7. The summed E-state index contributed by atoms with van der Waals surface area (Å²) in [7, 11) is -1.44. The van der Waals surface area contributed by atoms with Crippen molar-refractivity contribution in [1.29, 1.82) is 0 Å². The number of hydrogen-bond donors (Lipinski definition) is 2. The van der Waals surface area contributed by atoms with Crippen LogP contribution < -0.4 is 5.32 Å². The smallest absolute Gasteiger partial charge is 0.337 e. The number of nitrogens with zero attached hydrogens (tertiary/aromatic N) is 1. The first-order valence-electron chi connectivity index (χ1n) is 19.8. The fraction of sp³-hybridized carbons (Fsp3) is 0.786. The lowest BCUT2D eigenvalue weighted by Crippen LogP contribution is -2.68. The molecule has 0 bridgehead atoms. The topological polar surface area (TPSA) is 95.9 Å². The highest BCUT2D eigenvalue weighted by atomic mass is 32.2. The molecule has 1 saturated heterocycles. The molecule has 0 radical (unpaired) electrons. The molecule has 0 aromatic heterocycles. The lowest BCUT2D eigenvalue weighted by atomic mass is 9.33. The summed E-state index contributed by atoms with van der Waals surface area (Å²) in [6, 6.07) is 8.05. The number of allylic oxidation sites excluding steroid dienone is 2. The second-order valence-corrected chi connectivity index (χ2v) is 21.1. The van der Waals surface area contributed by atoms with Gasteiger partial charge in [0.15, 0.2) is 9.84 Å². The summed E-state index contributed by atoms with van der Waals surface area (Å²) in [6.45, 7) is 18.0. The molecule has 6 aliphatic rings. The quantitative estimate of drug-likeness (QED) is 0.295. The standard InChI is InChI=1S/C42H64N2O5S/c1-28(45)31-14-19-42(43-22-23-44-24-26-50(47,48)27-25-44)21-20-40(5)33(36(31)42)12-13-35-39(4)17-15-32(29-8-10-30(11-9-29)37(46)49-7)38(2,3)34(39)16-18-41(35,40)6/h8-11,15,28,31,33-36,43,45H,12-14,16-27H2,1-7H3/t28?,31-,33?,34-,35+,36+,39-,40+,41+,42-/m0/s1. The van der Waals surface area contributed by atoms with Gasteiger partial charge in [0.05, 0.1) is 30.3 Å². The van der Waals surface area contributed by atoms with Crippen LogP contribution in [0.2, 0.25) is 0 Å². The Labute approximate surface area is 302 Å². The number of aliphatic hydroxyl groups excluding tert-OH is 1. The van der Waals surface area contributed by atoms with Gasteiger partial charge >= 0.3 is 5.97 Å². The summed E-state index contributed by atoms with van der Waals surface area (Å²) in [4.78, 5) is 14.5. The summed E-state index contributed by atoms with van der Waals surface area (Å²) in [6.07, 6.45) is 13.0. The van der Waals surface area contributed by atoms with Crippen molar-refractivity contribution < 1.29 is 23.1 Å². The van der Waals surface area contributed by atoms with E-state index in [2.05, 4.69) is 63.0 Å². The molecule has 1 heterocycles. The number of aliphatic hydroxyl groups is 1. The van der Waals surface area contributed by atoms with Crippen molar-refractivity contribution in [2.24, 2.45) is 51.2 Å². The number of nitrogens with one attached hydrogen (secondary N) is 1. The van der Waals surface area contributed by atoms with Crippen LogP contribution in [0.15, 0.2) is 30.3 Å². The van der Waals surface area contributed by atoms with Gasteiger partial charge in [0, 0.05) is 31.7 Å². The third-order valence-electron chi connectivity index (χ3n) is 16.6. The second kappa shape index (κ2) is 12.7. The van der Waals surface area contributed by atoms with E-state index in [1.165, 1.54) is 56.8 Å². The van der Waals surface area contributed by atoms with Crippen LogP contribution >= 0.6 is 0 Å². The molecule has 50 heavy (non-hydrogen) atoms. The summed E-state index contributed by atoms with van der Waals surface area (Å²) in [5, 5.41) is 15.4. The third kappa shape index (κ3) is 5.58. The minimum atomic E-state index is -2.88. The van der Waals surface area contributed by atoms with E-state index in [-0.39, 0.29) is 50.8 Å². The van der Waals surface area contributed by atoms with Gasteiger partial charge in [-0.15, -0.1) is 0 Å². The Kier molecular flexibility index (Phi) is 9.29. The van der Waals surface area contributed by atoms with Crippen molar-refractivity contribution in [2.75, 3.05) is 44.8 Å². The first-order valence-corrected chi connectivity index (χ1v) is 21.6. The molecular weight excluding hydrogens is 645 g/mol. The Bertz CT molecular complexity index is 1590. The molecule has 1 aromatic carbocycles. The molecule has 8 heteroatoms. The third-order valence-corrected chi connectivity index (χ3v) is 18.2. The lowest BCUT2D eigenvalue weighted by Gasteiger charge is -2.72. The molecule has 0 spiro atoms. The summed E-state index contributed by atoms with van der Waals surface area (Å²) >= 11 is 0. The molecular formula is C42H64N2O5S. The van der Waals surface area contributed by atoms with Crippen LogP contribution in [0, 0.1) is 51.2 Å². The van der Waals surface area contributed by atoms with E-state index in [0.717, 1.165) is 32.4 Å². The van der Waals surface area contributed by atoms with Crippen molar-refractivity contribution in [3.63, 3.8) is 0 Å². The number of hydrogen-bond acceptors (Lipinski definition) is 7. The van der Waals surface area contributed by atoms with Crippen LogP contribution in [-0.2, 0) is 14.6 Å². The van der Waals surface area contributed by atoms with E-state index in [4.69, 9.17) is 4.74 Å². The van der Waals surface area contributed by atoms with Crippen LogP contribution in [0.1, 0.15) is 115 Å². The monoisotopic (exact) mass is 708 g/mol. The molecule has 5 aliphatic carbocycles. The molecule has 7 rings (SSSR count). The predicted molar refractivity (Wildman–Crippen MR) is 200 cm³/mol. The number of carbonyl (C=O) groups is 1. The average Bonchev–Trinajstić information content (AvgIpc) is 3.45. The van der Waals surface area contributed by atoms with Gasteiger partial charge in [-0.2, -0.15) is 0 Å².